The maximum absolute atomic E-state index is 12.6. The maximum Gasteiger partial charge on any atom is 0.263 e. The van der Waals surface area contributed by atoms with Crippen LogP contribution in [0.15, 0.2) is 35.7 Å². The molecule has 29 heavy (non-hydrogen) atoms. The summed E-state index contributed by atoms with van der Waals surface area (Å²) in [5.74, 6) is -0.112. The van der Waals surface area contributed by atoms with E-state index in [0.29, 0.717) is 27.8 Å². The molecule has 4 rings (SSSR count). The summed E-state index contributed by atoms with van der Waals surface area (Å²) in [6, 6.07) is 10.2. The van der Waals surface area contributed by atoms with Crippen LogP contribution in [0.1, 0.15) is 37.1 Å². The topological polar surface area (TPSA) is 72.7 Å². The molecule has 0 fully saturated rings. The number of carbonyl (C=O) groups excluding carboxylic acids is 1. The van der Waals surface area contributed by atoms with Crippen molar-refractivity contribution in [3.05, 3.63) is 68.0 Å². The Balaban J connectivity index is 1.59. The number of benzene rings is 1. The fourth-order valence-corrected chi connectivity index (χ4v) is 4.66. The van der Waals surface area contributed by atoms with Gasteiger partial charge < -0.3 is 5.32 Å². The fourth-order valence-electron chi connectivity index (χ4n) is 3.00. The van der Waals surface area contributed by atoms with Gasteiger partial charge in [0.2, 0.25) is 0 Å². The van der Waals surface area contributed by atoms with Gasteiger partial charge in [0.1, 0.15) is 15.6 Å². The molecule has 4 aromatic rings. The Morgan fingerprint density at radius 1 is 1.14 bits per heavy atom. The predicted octanol–water partition coefficient (Wildman–Crippen LogP) is 4.62. The first-order valence-corrected chi connectivity index (χ1v) is 10.9. The molecule has 6 nitrogen and oxygen atoms in total. The fraction of sp³-hybridized carbons (Fsp3) is 0.238. The molecule has 0 unspecified atom stereocenters. The summed E-state index contributed by atoms with van der Waals surface area (Å²) in [5.41, 5.74) is 5.70. The van der Waals surface area contributed by atoms with Crippen LogP contribution in [-0.4, -0.2) is 25.9 Å². The van der Waals surface area contributed by atoms with E-state index in [-0.39, 0.29) is 5.91 Å². The van der Waals surface area contributed by atoms with Crippen molar-refractivity contribution in [1.29, 1.82) is 0 Å². The van der Waals surface area contributed by atoms with Crippen LogP contribution in [0.4, 0.5) is 0 Å². The van der Waals surface area contributed by atoms with Crippen molar-refractivity contribution >= 4 is 28.6 Å². The molecule has 1 aromatic carbocycles. The molecular formula is C21H21N5OS2. The van der Waals surface area contributed by atoms with Crippen molar-refractivity contribution in [1.82, 2.24) is 25.3 Å². The number of hydrogen-bond acceptors (Lipinski definition) is 6. The van der Waals surface area contributed by atoms with Gasteiger partial charge in [-0.05, 0) is 62.4 Å². The molecule has 3 heterocycles. The van der Waals surface area contributed by atoms with Crippen molar-refractivity contribution in [2.45, 2.75) is 34.2 Å². The highest BCUT2D eigenvalue weighted by molar-refractivity contribution is 7.17. The molecule has 0 aliphatic heterocycles. The van der Waals surface area contributed by atoms with E-state index in [2.05, 4.69) is 46.6 Å². The van der Waals surface area contributed by atoms with Gasteiger partial charge >= 0.3 is 0 Å². The lowest BCUT2D eigenvalue weighted by molar-refractivity contribution is 0.0954. The van der Waals surface area contributed by atoms with Crippen molar-refractivity contribution in [2.24, 2.45) is 0 Å². The Labute approximate surface area is 177 Å². The minimum atomic E-state index is -0.112. The molecule has 0 bridgehead atoms. The number of nitrogens with zero attached hydrogens (tertiary/aromatic N) is 4. The van der Waals surface area contributed by atoms with E-state index in [1.807, 2.05) is 42.1 Å². The molecule has 0 saturated carbocycles. The number of amides is 1. The van der Waals surface area contributed by atoms with E-state index < -0.39 is 0 Å². The van der Waals surface area contributed by atoms with E-state index in [0.717, 1.165) is 16.3 Å². The van der Waals surface area contributed by atoms with Crippen molar-refractivity contribution < 1.29 is 4.79 Å². The largest absolute Gasteiger partial charge is 0.346 e. The third-order valence-corrected chi connectivity index (χ3v) is 6.88. The van der Waals surface area contributed by atoms with Crippen molar-refractivity contribution in [3.8, 4) is 16.4 Å². The highest BCUT2D eigenvalue weighted by Gasteiger charge is 2.20. The Bertz CT molecular complexity index is 1170. The molecular weight excluding hydrogens is 402 g/mol. The second kappa shape index (κ2) is 7.88. The first kappa shape index (κ1) is 19.5. The number of aryl methyl sites for hydroxylation is 3. The smallest absolute Gasteiger partial charge is 0.263 e. The van der Waals surface area contributed by atoms with Gasteiger partial charge in [0, 0.05) is 4.88 Å². The molecule has 0 saturated heterocycles. The average Bonchev–Trinajstić information content (AvgIpc) is 3.42. The summed E-state index contributed by atoms with van der Waals surface area (Å²) in [5, 5.41) is 14.3. The summed E-state index contributed by atoms with van der Waals surface area (Å²) >= 11 is 2.97. The lowest BCUT2D eigenvalue weighted by atomic mass is 10.1. The standard InChI is InChI=1S/C21H21N5OS2/c1-12-7-8-16(10-13(12)2)26-15(4)18(24-25-26)21-23-14(3)19(29-21)20(27)22-11-17-6-5-9-28-17/h5-10H,11H2,1-4H3,(H,22,27). The minimum absolute atomic E-state index is 0.112. The number of thiophene rings is 1. The zero-order chi connectivity index (χ0) is 20.5. The lowest BCUT2D eigenvalue weighted by Gasteiger charge is -2.06. The predicted molar refractivity (Wildman–Crippen MR) is 117 cm³/mol. The Hall–Kier alpha value is -2.84. The van der Waals surface area contributed by atoms with Gasteiger partial charge in [0.25, 0.3) is 5.91 Å². The number of thiazole rings is 1. The average molecular weight is 424 g/mol. The van der Waals surface area contributed by atoms with Crippen LogP contribution in [0.25, 0.3) is 16.4 Å². The van der Waals surface area contributed by atoms with Crippen LogP contribution >= 0.6 is 22.7 Å². The quantitative estimate of drug-likeness (QED) is 0.508. The second-order valence-corrected chi connectivity index (χ2v) is 8.93. The van der Waals surface area contributed by atoms with Crippen LogP contribution in [0.2, 0.25) is 0 Å². The molecule has 1 N–H and O–H groups in total. The van der Waals surface area contributed by atoms with E-state index in [1.165, 1.54) is 22.5 Å². The molecule has 148 valence electrons. The maximum atomic E-state index is 12.6. The van der Waals surface area contributed by atoms with Crippen molar-refractivity contribution in [3.63, 3.8) is 0 Å². The van der Waals surface area contributed by atoms with Gasteiger partial charge in [0.05, 0.1) is 23.6 Å². The second-order valence-electron chi connectivity index (χ2n) is 6.90. The van der Waals surface area contributed by atoms with E-state index in [9.17, 15) is 4.79 Å². The van der Waals surface area contributed by atoms with Gasteiger partial charge in [-0.1, -0.05) is 17.3 Å². The Morgan fingerprint density at radius 3 is 2.69 bits per heavy atom. The third kappa shape index (κ3) is 3.86. The van der Waals surface area contributed by atoms with E-state index >= 15 is 0 Å². The highest BCUT2D eigenvalue weighted by atomic mass is 32.1. The van der Waals surface area contributed by atoms with Gasteiger partial charge in [-0.15, -0.1) is 27.8 Å². The lowest BCUT2D eigenvalue weighted by Crippen LogP contribution is -2.22. The summed E-state index contributed by atoms with van der Waals surface area (Å²) in [4.78, 5) is 18.9. The summed E-state index contributed by atoms with van der Waals surface area (Å²) in [7, 11) is 0. The highest BCUT2D eigenvalue weighted by Crippen LogP contribution is 2.29. The van der Waals surface area contributed by atoms with Crippen LogP contribution in [0, 0.1) is 27.7 Å². The normalized spacial score (nSPS) is 11.0. The minimum Gasteiger partial charge on any atom is -0.346 e. The molecule has 0 atom stereocenters. The van der Waals surface area contributed by atoms with Gasteiger partial charge in [-0.2, -0.15) is 0 Å². The Kier molecular flexibility index (Phi) is 5.29. The number of carbonyl (C=O) groups is 1. The van der Waals surface area contributed by atoms with Gasteiger partial charge in [-0.3, -0.25) is 4.79 Å². The molecule has 0 spiro atoms. The molecule has 1 amide bonds. The van der Waals surface area contributed by atoms with Crippen LogP contribution in [0.5, 0.6) is 0 Å². The molecule has 0 radical (unpaired) electrons. The summed E-state index contributed by atoms with van der Waals surface area (Å²) in [6.07, 6.45) is 0. The Morgan fingerprint density at radius 2 is 1.97 bits per heavy atom. The molecule has 3 aromatic heterocycles. The van der Waals surface area contributed by atoms with Crippen molar-refractivity contribution in [2.75, 3.05) is 0 Å². The SMILES string of the molecule is Cc1ccc(-n2nnc(-c3nc(C)c(C(=O)NCc4cccs4)s3)c2C)cc1C. The van der Waals surface area contributed by atoms with Gasteiger partial charge in [-0.25, -0.2) is 9.67 Å². The van der Waals surface area contributed by atoms with E-state index in [4.69, 9.17) is 0 Å². The number of rotatable bonds is 5. The molecule has 8 heteroatoms. The van der Waals surface area contributed by atoms with Gasteiger partial charge in [0.15, 0.2) is 0 Å². The zero-order valence-electron chi connectivity index (χ0n) is 16.7. The van der Waals surface area contributed by atoms with Crippen LogP contribution < -0.4 is 5.32 Å². The molecule has 0 aliphatic carbocycles. The number of hydrogen-bond donors (Lipinski definition) is 1. The molecule has 0 aliphatic rings. The first-order chi connectivity index (χ1) is 13.9. The monoisotopic (exact) mass is 423 g/mol. The van der Waals surface area contributed by atoms with Crippen LogP contribution in [-0.2, 0) is 6.54 Å². The van der Waals surface area contributed by atoms with Crippen LogP contribution in [0.3, 0.4) is 0 Å². The summed E-state index contributed by atoms with van der Waals surface area (Å²) in [6.45, 7) is 8.51. The first-order valence-electron chi connectivity index (χ1n) is 9.22. The van der Waals surface area contributed by atoms with E-state index in [1.54, 1.807) is 11.3 Å². The summed E-state index contributed by atoms with van der Waals surface area (Å²) < 4.78 is 1.81. The number of aromatic nitrogens is 4. The number of nitrogens with one attached hydrogen (secondary N) is 1. The zero-order valence-corrected chi connectivity index (χ0v) is 18.3. The third-order valence-electron chi connectivity index (χ3n) is 4.84.